The molecule has 5 heteroatoms. The maximum absolute atomic E-state index is 12.7. The molecule has 0 aliphatic heterocycles. The minimum absolute atomic E-state index is 0.0237. The molecule has 0 saturated carbocycles. The zero-order valence-corrected chi connectivity index (χ0v) is 15.8. The molecule has 0 bridgehead atoms. The van der Waals surface area contributed by atoms with Crippen LogP contribution in [0.5, 0.6) is 0 Å². The number of carbonyl (C=O) groups is 1. The van der Waals surface area contributed by atoms with Gasteiger partial charge in [-0.25, -0.2) is 0 Å². The van der Waals surface area contributed by atoms with E-state index in [1.807, 2.05) is 32.1 Å². The smallest absolute Gasteiger partial charge is 0.295 e. The number of nitrogens with zero attached hydrogens (tertiary/aromatic N) is 1. The Morgan fingerprint density at radius 3 is 2.22 bits per heavy atom. The van der Waals surface area contributed by atoms with E-state index in [1.165, 1.54) is 19.1 Å². The quantitative estimate of drug-likeness (QED) is 0.471. The maximum atomic E-state index is 12.7. The van der Waals surface area contributed by atoms with Crippen LogP contribution < -0.4 is 0 Å². The number of alkyl halides is 3. The van der Waals surface area contributed by atoms with Crippen LogP contribution in [0.1, 0.15) is 46.5 Å². The lowest BCUT2D eigenvalue weighted by molar-refractivity contribution is -0.137. The number of allylic oxidation sites excluding steroid dienone is 2. The zero-order valence-electron chi connectivity index (χ0n) is 15.8. The van der Waals surface area contributed by atoms with Gasteiger partial charge in [0.2, 0.25) is 0 Å². The van der Waals surface area contributed by atoms with Crippen molar-refractivity contribution >= 4 is 17.1 Å². The van der Waals surface area contributed by atoms with Gasteiger partial charge in [0.1, 0.15) is 0 Å². The van der Waals surface area contributed by atoms with E-state index in [-0.39, 0.29) is 5.78 Å². The molecule has 142 valence electrons. The van der Waals surface area contributed by atoms with Crippen molar-refractivity contribution < 1.29 is 18.0 Å². The largest absolute Gasteiger partial charge is 0.416 e. The van der Waals surface area contributed by atoms with Gasteiger partial charge in [0.05, 0.1) is 5.56 Å². The normalized spacial score (nSPS) is 13.0. The molecule has 2 aromatic rings. The summed E-state index contributed by atoms with van der Waals surface area (Å²) in [7, 11) is 1.66. The molecular weight excluding hydrogens is 351 g/mol. The molecule has 0 radical (unpaired) electrons. The van der Waals surface area contributed by atoms with Crippen LogP contribution in [0.4, 0.5) is 13.2 Å². The van der Waals surface area contributed by atoms with Gasteiger partial charge in [0, 0.05) is 24.7 Å². The van der Waals surface area contributed by atoms with Crippen molar-refractivity contribution in [1.82, 2.24) is 0 Å². The molecule has 2 nitrogen and oxygen atoms in total. The van der Waals surface area contributed by atoms with Crippen LogP contribution >= 0.6 is 0 Å². The summed E-state index contributed by atoms with van der Waals surface area (Å²) in [5, 5.41) is 0. The molecule has 0 aromatic heterocycles. The van der Waals surface area contributed by atoms with Crippen LogP contribution in [0, 0.1) is 6.92 Å². The second-order valence-corrected chi connectivity index (χ2v) is 6.33. The summed E-state index contributed by atoms with van der Waals surface area (Å²) < 4.78 is 38.2. The lowest BCUT2D eigenvalue weighted by atomic mass is 9.91. The van der Waals surface area contributed by atoms with Gasteiger partial charge in [0.15, 0.2) is 5.78 Å². The molecule has 2 aromatic carbocycles. The Kier molecular flexibility index (Phi) is 6.37. The van der Waals surface area contributed by atoms with E-state index < -0.39 is 11.7 Å². The Morgan fingerprint density at radius 2 is 1.74 bits per heavy atom. The predicted octanol–water partition coefficient (Wildman–Crippen LogP) is 5.93. The van der Waals surface area contributed by atoms with Crippen molar-refractivity contribution in [3.05, 3.63) is 76.4 Å². The topological polar surface area (TPSA) is 29.4 Å². The number of hydrogen-bond acceptors (Lipinski definition) is 2. The molecular formula is C22H22F3NO. The van der Waals surface area contributed by atoms with Crippen molar-refractivity contribution in [2.75, 3.05) is 7.05 Å². The zero-order chi connectivity index (χ0) is 20.2. The highest BCUT2D eigenvalue weighted by atomic mass is 19.4. The van der Waals surface area contributed by atoms with E-state index in [0.717, 1.165) is 40.1 Å². The van der Waals surface area contributed by atoms with Crippen molar-refractivity contribution in [3.63, 3.8) is 0 Å². The first-order valence-electron chi connectivity index (χ1n) is 8.57. The molecule has 0 aliphatic carbocycles. The van der Waals surface area contributed by atoms with E-state index in [2.05, 4.69) is 4.99 Å². The summed E-state index contributed by atoms with van der Waals surface area (Å²) >= 11 is 0. The average molecular weight is 373 g/mol. The Labute approximate surface area is 157 Å². The van der Waals surface area contributed by atoms with Gasteiger partial charge >= 0.3 is 6.18 Å². The SMILES string of the molecule is C/C=C(\C(Cc1ccc(C(F)(F)F)cc1)=NC)c1cc(C(C)=O)ccc1C. The molecule has 0 fully saturated rings. The standard InChI is InChI=1S/C22H22F3NO/c1-5-19(20-13-17(15(3)27)9-6-14(20)2)21(26-4)12-16-7-10-18(11-8-16)22(23,24)25/h5-11,13H,12H2,1-4H3/b19-5-,26-21?. The van der Waals surface area contributed by atoms with Gasteiger partial charge in [-0.3, -0.25) is 9.79 Å². The van der Waals surface area contributed by atoms with E-state index in [0.29, 0.717) is 12.0 Å². The highest BCUT2D eigenvalue weighted by Crippen LogP contribution is 2.30. The molecule has 0 heterocycles. The highest BCUT2D eigenvalue weighted by Gasteiger charge is 2.30. The Bertz CT molecular complexity index is 891. The molecule has 0 unspecified atom stereocenters. The lowest BCUT2D eigenvalue weighted by Crippen LogP contribution is -2.09. The number of aryl methyl sites for hydroxylation is 1. The third-order valence-corrected chi connectivity index (χ3v) is 4.46. The molecule has 2 rings (SSSR count). The minimum atomic E-state index is -4.35. The number of halogens is 3. The first-order chi connectivity index (χ1) is 12.7. The van der Waals surface area contributed by atoms with E-state index in [1.54, 1.807) is 13.1 Å². The van der Waals surface area contributed by atoms with Crippen molar-refractivity contribution in [1.29, 1.82) is 0 Å². The number of rotatable bonds is 5. The molecule has 0 atom stereocenters. The molecule has 0 amide bonds. The number of aliphatic imine (C=N–C) groups is 1. The van der Waals surface area contributed by atoms with Gasteiger partial charge < -0.3 is 0 Å². The summed E-state index contributed by atoms with van der Waals surface area (Å²) in [5.41, 5.74) is 4.21. The number of Topliss-reactive ketones (excluding diaryl/α,β-unsaturated/α-hetero) is 1. The Balaban J connectivity index is 2.36. The highest BCUT2D eigenvalue weighted by molar-refractivity contribution is 6.25. The first-order valence-corrected chi connectivity index (χ1v) is 8.57. The summed E-state index contributed by atoms with van der Waals surface area (Å²) in [4.78, 5) is 16.1. The van der Waals surface area contributed by atoms with Gasteiger partial charge in [-0.1, -0.05) is 30.3 Å². The van der Waals surface area contributed by atoms with Crippen LogP contribution in [0.25, 0.3) is 5.57 Å². The Hall–Kier alpha value is -2.69. The van der Waals surface area contributed by atoms with Gasteiger partial charge in [-0.2, -0.15) is 13.2 Å². The molecule has 0 N–H and O–H groups in total. The summed E-state index contributed by atoms with van der Waals surface area (Å²) in [6.45, 7) is 5.35. The summed E-state index contributed by atoms with van der Waals surface area (Å²) in [6.07, 6.45) is -2.03. The van der Waals surface area contributed by atoms with Gasteiger partial charge in [0.25, 0.3) is 0 Å². The third kappa shape index (κ3) is 4.94. The van der Waals surface area contributed by atoms with E-state index >= 15 is 0 Å². The van der Waals surface area contributed by atoms with Crippen LogP contribution in [-0.2, 0) is 12.6 Å². The fraction of sp³-hybridized carbons (Fsp3) is 0.273. The second kappa shape index (κ2) is 8.33. The Morgan fingerprint density at radius 1 is 1.11 bits per heavy atom. The molecule has 0 saturated heterocycles. The molecule has 27 heavy (non-hydrogen) atoms. The van der Waals surface area contributed by atoms with Crippen molar-refractivity contribution in [2.45, 2.75) is 33.4 Å². The summed E-state index contributed by atoms with van der Waals surface area (Å²) in [5.74, 6) is -0.0237. The second-order valence-electron chi connectivity index (χ2n) is 6.33. The number of ketones is 1. The predicted molar refractivity (Wildman–Crippen MR) is 103 cm³/mol. The van der Waals surface area contributed by atoms with E-state index in [4.69, 9.17) is 0 Å². The fourth-order valence-electron chi connectivity index (χ4n) is 2.91. The fourth-order valence-corrected chi connectivity index (χ4v) is 2.91. The van der Waals surface area contributed by atoms with Crippen molar-refractivity contribution in [3.8, 4) is 0 Å². The maximum Gasteiger partial charge on any atom is 0.416 e. The lowest BCUT2D eigenvalue weighted by Gasteiger charge is -2.15. The number of carbonyl (C=O) groups excluding carboxylic acids is 1. The van der Waals surface area contributed by atoms with Crippen LogP contribution in [0.15, 0.2) is 53.5 Å². The van der Waals surface area contributed by atoms with Gasteiger partial charge in [-0.05, 0) is 61.2 Å². The number of hydrogen-bond donors (Lipinski definition) is 0. The van der Waals surface area contributed by atoms with Crippen LogP contribution in [0.2, 0.25) is 0 Å². The van der Waals surface area contributed by atoms with Crippen molar-refractivity contribution in [2.24, 2.45) is 4.99 Å². The summed E-state index contributed by atoms with van der Waals surface area (Å²) in [6, 6.07) is 10.6. The molecule has 0 aliphatic rings. The average Bonchev–Trinajstić information content (AvgIpc) is 2.62. The van der Waals surface area contributed by atoms with E-state index in [9.17, 15) is 18.0 Å². The van der Waals surface area contributed by atoms with Crippen LogP contribution in [0.3, 0.4) is 0 Å². The van der Waals surface area contributed by atoms with Gasteiger partial charge in [-0.15, -0.1) is 0 Å². The first kappa shape index (κ1) is 20.6. The van der Waals surface area contributed by atoms with Crippen LogP contribution in [-0.4, -0.2) is 18.5 Å². The number of benzene rings is 2. The minimum Gasteiger partial charge on any atom is -0.295 e. The third-order valence-electron chi connectivity index (χ3n) is 4.46. The monoisotopic (exact) mass is 373 g/mol. The molecule has 0 spiro atoms.